The van der Waals surface area contributed by atoms with Gasteiger partial charge in [0.25, 0.3) is 5.91 Å². The fourth-order valence-electron chi connectivity index (χ4n) is 2.81. The number of amides is 1. The van der Waals surface area contributed by atoms with E-state index in [-0.39, 0.29) is 11.1 Å². The molecule has 0 saturated heterocycles. The molecule has 0 unspecified atom stereocenters. The first kappa shape index (κ1) is 20.2. The predicted octanol–water partition coefficient (Wildman–Crippen LogP) is 3.20. The van der Waals surface area contributed by atoms with Crippen LogP contribution in [0.4, 0.5) is 0 Å². The van der Waals surface area contributed by atoms with Gasteiger partial charge in [0, 0.05) is 6.54 Å². The molecular weight excluding hydrogens is 392 g/mol. The number of rotatable bonds is 5. The Hall–Kier alpha value is -3.52. The molecule has 1 heterocycles. The summed E-state index contributed by atoms with van der Waals surface area (Å²) in [5, 5.41) is 0. The molecule has 8 heteroatoms. The van der Waals surface area contributed by atoms with Crippen molar-refractivity contribution < 1.29 is 23.9 Å². The van der Waals surface area contributed by atoms with Crippen LogP contribution >= 0.6 is 11.3 Å². The Bertz CT molecular complexity index is 1190. The van der Waals surface area contributed by atoms with Gasteiger partial charge in [-0.3, -0.25) is 4.79 Å². The minimum absolute atomic E-state index is 0.146. The van der Waals surface area contributed by atoms with Gasteiger partial charge in [-0.1, -0.05) is 29.5 Å². The normalized spacial score (nSPS) is 11.3. The van der Waals surface area contributed by atoms with Crippen LogP contribution in [-0.2, 0) is 16.0 Å². The SMILES string of the molecule is C=CCn1c(=NC(=O)c2ccccc2C(=O)OC)sc2cc(C(=O)OC)ccc21. The summed E-state index contributed by atoms with van der Waals surface area (Å²) in [7, 11) is 2.57. The summed E-state index contributed by atoms with van der Waals surface area (Å²) in [5.74, 6) is -1.62. The van der Waals surface area contributed by atoms with E-state index in [1.165, 1.54) is 37.7 Å². The van der Waals surface area contributed by atoms with Gasteiger partial charge in [-0.15, -0.1) is 6.58 Å². The molecule has 0 fully saturated rings. The van der Waals surface area contributed by atoms with Gasteiger partial charge < -0.3 is 14.0 Å². The number of carbonyl (C=O) groups is 3. The molecule has 0 N–H and O–H groups in total. The van der Waals surface area contributed by atoms with Crippen LogP contribution in [-0.4, -0.2) is 36.6 Å². The van der Waals surface area contributed by atoms with Crippen molar-refractivity contribution in [2.75, 3.05) is 14.2 Å². The van der Waals surface area contributed by atoms with Gasteiger partial charge in [0.05, 0.1) is 41.1 Å². The van der Waals surface area contributed by atoms with E-state index in [1.807, 2.05) is 4.57 Å². The lowest BCUT2D eigenvalue weighted by atomic mass is 10.1. The maximum Gasteiger partial charge on any atom is 0.338 e. The van der Waals surface area contributed by atoms with E-state index in [0.29, 0.717) is 16.9 Å². The zero-order chi connectivity index (χ0) is 21.0. The highest BCUT2D eigenvalue weighted by atomic mass is 32.1. The summed E-state index contributed by atoms with van der Waals surface area (Å²) in [6.07, 6.45) is 1.69. The number of esters is 2. The largest absolute Gasteiger partial charge is 0.465 e. The molecule has 3 rings (SSSR count). The fourth-order valence-corrected chi connectivity index (χ4v) is 3.89. The Balaban J connectivity index is 2.15. The lowest BCUT2D eigenvalue weighted by molar-refractivity contribution is 0.0590. The number of carbonyl (C=O) groups excluding carboxylic acids is 3. The van der Waals surface area contributed by atoms with Gasteiger partial charge in [-0.2, -0.15) is 4.99 Å². The van der Waals surface area contributed by atoms with Crippen LogP contribution in [0.3, 0.4) is 0 Å². The van der Waals surface area contributed by atoms with Crippen molar-refractivity contribution in [3.05, 3.63) is 76.6 Å². The van der Waals surface area contributed by atoms with E-state index in [9.17, 15) is 14.4 Å². The summed E-state index contributed by atoms with van der Waals surface area (Å²) in [5.41, 5.74) is 1.50. The highest BCUT2D eigenvalue weighted by Crippen LogP contribution is 2.20. The molecule has 0 spiro atoms. The first-order valence-corrected chi connectivity index (χ1v) is 9.40. The summed E-state index contributed by atoms with van der Waals surface area (Å²) >= 11 is 1.25. The third-order valence-corrected chi connectivity index (χ3v) is 5.22. The number of ether oxygens (including phenoxy) is 2. The molecule has 0 saturated carbocycles. The highest BCUT2D eigenvalue weighted by Gasteiger charge is 2.17. The number of allylic oxidation sites excluding steroid dienone is 1. The van der Waals surface area contributed by atoms with Gasteiger partial charge in [-0.25, -0.2) is 9.59 Å². The van der Waals surface area contributed by atoms with Crippen LogP contribution in [0.1, 0.15) is 31.1 Å². The van der Waals surface area contributed by atoms with E-state index in [0.717, 1.165) is 10.2 Å². The number of fused-ring (bicyclic) bond motifs is 1. The number of thiazole rings is 1. The molecule has 2 aromatic carbocycles. The Morgan fingerprint density at radius 3 is 2.41 bits per heavy atom. The average molecular weight is 410 g/mol. The minimum Gasteiger partial charge on any atom is -0.465 e. The Morgan fingerprint density at radius 1 is 1.07 bits per heavy atom. The summed E-state index contributed by atoms with van der Waals surface area (Å²) in [6.45, 7) is 4.17. The Kier molecular flexibility index (Phi) is 6.04. The van der Waals surface area contributed by atoms with Crippen molar-refractivity contribution in [3.63, 3.8) is 0 Å². The number of hydrogen-bond donors (Lipinski definition) is 0. The topological polar surface area (TPSA) is 87.0 Å². The average Bonchev–Trinajstić information content (AvgIpc) is 3.08. The standard InChI is InChI=1S/C21H18N2O5S/c1-4-11-23-16-10-9-13(19(25)27-2)12-17(16)29-21(23)22-18(24)14-7-5-6-8-15(14)20(26)28-3/h4-10,12H,1,11H2,2-3H3. The molecule has 0 radical (unpaired) electrons. The number of methoxy groups -OCH3 is 2. The fraction of sp³-hybridized carbons (Fsp3) is 0.143. The molecule has 1 amide bonds. The molecule has 148 valence electrons. The van der Waals surface area contributed by atoms with Crippen molar-refractivity contribution in [3.8, 4) is 0 Å². The third kappa shape index (κ3) is 4.02. The van der Waals surface area contributed by atoms with Crippen LogP contribution in [0.2, 0.25) is 0 Å². The van der Waals surface area contributed by atoms with Crippen molar-refractivity contribution >= 4 is 39.4 Å². The lowest BCUT2D eigenvalue weighted by Crippen LogP contribution is -2.17. The zero-order valence-corrected chi connectivity index (χ0v) is 16.7. The smallest absolute Gasteiger partial charge is 0.338 e. The van der Waals surface area contributed by atoms with Crippen LogP contribution in [0.25, 0.3) is 10.2 Å². The number of benzene rings is 2. The van der Waals surface area contributed by atoms with Gasteiger partial charge in [-0.05, 0) is 30.3 Å². The Labute approximate surface area is 170 Å². The van der Waals surface area contributed by atoms with E-state index in [4.69, 9.17) is 9.47 Å². The molecule has 29 heavy (non-hydrogen) atoms. The third-order valence-electron chi connectivity index (χ3n) is 4.18. The molecule has 0 atom stereocenters. The first-order valence-electron chi connectivity index (χ1n) is 8.59. The molecule has 3 aromatic rings. The highest BCUT2D eigenvalue weighted by molar-refractivity contribution is 7.16. The first-order chi connectivity index (χ1) is 14.0. The van der Waals surface area contributed by atoms with Crippen molar-refractivity contribution in [2.45, 2.75) is 6.54 Å². The van der Waals surface area contributed by atoms with Crippen molar-refractivity contribution in [2.24, 2.45) is 4.99 Å². The van der Waals surface area contributed by atoms with E-state index < -0.39 is 17.8 Å². The van der Waals surface area contributed by atoms with E-state index >= 15 is 0 Å². The minimum atomic E-state index is -0.609. The molecule has 0 bridgehead atoms. The number of aromatic nitrogens is 1. The Morgan fingerprint density at radius 2 is 1.76 bits per heavy atom. The second kappa shape index (κ2) is 8.66. The summed E-state index contributed by atoms with van der Waals surface area (Å²) in [6, 6.07) is 11.5. The lowest BCUT2D eigenvalue weighted by Gasteiger charge is -2.04. The van der Waals surface area contributed by atoms with Gasteiger partial charge in [0.15, 0.2) is 4.80 Å². The van der Waals surface area contributed by atoms with Crippen LogP contribution in [0.15, 0.2) is 60.1 Å². The van der Waals surface area contributed by atoms with Crippen LogP contribution in [0.5, 0.6) is 0 Å². The quantitative estimate of drug-likeness (QED) is 0.476. The summed E-state index contributed by atoms with van der Waals surface area (Å²) < 4.78 is 12.1. The van der Waals surface area contributed by atoms with Crippen LogP contribution < -0.4 is 4.80 Å². The van der Waals surface area contributed by atoms with Gasteiger partial charge in [0.2, 0.25) is 0 Å². The second-order valence-corrected chi connectivity index (χ2v) is 6.92. The number of nitrogens with zero attached hydrogens (tertiary/aromatic N) is 2. The second-order valence-electron chi connectivity index (χ2n) is 5.91. The zero-order valence-electron chi connectivity index (χ0n) is 15.9. The maximum absolute atomic E-state index is 12.8. The number of hydrogen-bond acceptors (Lipinski definition) is 6. The summed E-state index contributed by atoms with van der Waals surface area (Å²) in [4.78, 5) is 41.2. The van der Waals surface area contributed by atoms with Crippen molar-refractivity contribution in [1.29, 1.82) is 0 Å². The van der Waals surface area contributed by atoms with E-state index in [1.54, 1.807) is 36.4 Å². The molecule has 1 aromatic heterocycles. The van der Waals surface area contributed by atoms with Gasteiger partial charge >= 0.3 is 11.9 Å². The maximum atomic E-state index is 12.8. The molecule has 0 aliphatic carbocycles. The molecule has 0 aliphatic rings. The van der Waals surface area contributed by atoms with E-state index in [2.05, 4.69) is 11.6 Å². The predicted molar refractivity (Wildman–Crippen MR) is 109 cm³/mol. The van der Waals surface area contributed by atoms with Crippen LogP contribution in [0, 0.1) is 0 Å². The van der Waals surface area contributed by atoms with Crippen molar-refractivity contribution in [1.82, 2.24) is 4.57 Å². The van der Waals surface area contributed by atoms with Gasteiger partial charge in [0.1, 0.15) is 0 Å². The molecular formula is C21H18N2O5S. The molecule has 7 nitrogen and oxygen atoms in total. The molecule has 0 aliphatic heterocycles. The monoisotopic (exact) mass is 410 g/mol.